The zero-order valence-electron chi connectivity index (χ0n) is 12.3. The summed E-state index contributed by atoms with van der Waals surface area (Å²) in [6.07, 6.45) is 3.58. The van der Waals surface area contributed by atoms with Gasteiger partial charge in [-0.25, -0.2) is 0 Å². The second-order valence-electron chi connectivity index (χ2n) is 6.66. The van der Waals surface area contributed by atoms with Crippen molar-refractivity contribution >= 4 is 29.9 Å². The summed E-state index contributed by atoms with van der Waals surface area (Å²) < 4.78 is 0. The summed E-state index contributed by atoms with van der Waals surface area (Å²) in [4.78, 5) is 4.31. The molecule has 0 fully saturated rings. The van der Waals surface area contributed by atoms with Crippen LogP contribution in [0.3, 0.4) is 0 Å². The van der Waals surface area contributed by atoms with Crippen molar-refractivity contribution in [2.24, 2.45) is 16.1 Å². The third kappa shape index (κ3) is 16.0. The normalized spacial score (nSPS) is 13.2. The lowest BCUT2D eigenvalue weighted by atomic mass is 9.90. The molecule has 0 spiro atoms. The van der Waals surface area contributed by atoms with Crippen LogP contribution in [0.4, 0.5) is 0 Å². The highest BCUT2D eigenvalue weighted by molar-refractivity contribution is 14.0. The number of rotatable bonds is 4. The Hall–Kier alpha value is 0. The van der Waals surface area contributed by atoms with Crippen LogP contribution >= 0.6 is 24.0 Å². The predicted molar refractivity (Wildman–Crippen MR) is 88.1 cm³/mol. The van der Waals surface area contributed by atoms with Crippen LogP contribution in [0.25, 0.3) is 0 Å². The van der Waals surface area contributed by atoms with E-state index in [0.29, 0.717) is 11.4 Å². The molecule has 0 aromatic rings. The molecule has 3 nitrogen and oxygen atoms in total. The van der Waals surface area contributed by atoms with Gasteiger partial charge >= 0.3 is 0 Å². The van der Waals surface area contributed by atoms with Gasteiger partial charge in [0.15, 0.2) is 5.96 Å². The first-order chi connectivity index (χ1) is 7.10. The molecule has 0 saturated carbocycles. The van der Waals surface area contributed by atoms with Crippen LogP contribution in [0.15, 0.2) is 4.99 Å². The highest BCUT2D eigenvalue weighted by atomic mass is 127. The Balaban J connectivity index is 0. The van der Waals surface area contributed by atoms with E-state index in [2.05, 4.69) is 51.9 Å². The van der Waals surface area contributed by atoms with E-state index in [0.717, 1.165) is 13.0 Å². The van der Waals surface area contributed by atoms with E-state index in [9.17, 15) is 0 Å². The molecule has 0 aliphatic rings. The summed E-state index contributed by atoms with van der Waals surface area (Å²) in [5.74, 6) is 0.559. The van der Waals surface area contributed by atoms with Crippen molar-refractivity contribution in [2.45, 2.75) is 66.3 Å². The number of halogens is 1. The molecule has 17 heavy (non-hydrogen) atoms. The highest BCUT2D eigenvalue weighted by Crippen LogP contribution is 2.21. The summed E-state index contributed by atoms with van der Waals surface area (Å²) in [6, 6.07) is 0. The van der Waals surface area contributed by atoms with Crippen LogP contribution in [-0.4, -0.2) is 18.0 Å². The van der Waals surface area contributed by atoms with E-state index < -0.39 is 0 Å². The lowest BCUT2D eigenvalue weighted by Crippen LogP contribution is -2.45. The Bertz CT molecular complexity index is 224. The Labute approximate surface area is 124 Å². The van der Waals surface area contributed by atoms with Gasteiger partial charge in [-0.2, -0.15) is 0 Å². The third-order valence-corrected chi connectivity index (χ3v) is 2.12. The van der Waals surface area contributed by atoms with E-state index in [4.69, 9.17) is 5.73 Å². The zero-order valence-corrected chi connectivity index (χ0v) is 14.6. The van der Waals surface area contributed by atoms with E-state index in [1.165, 1.54) is 12.8 Å². The Morgan fingerprint density at radius 2 is 1.59 bits per heavy atom. The van der Waals surface area contributed by atoms with Crippen LogP contribution in [0, 0.1) is 5.41 Å². The first kappa shape index (κ1) is 19.3. The molecule has 0 amide bonds. The van der Waals surface area contributed by atoms with Crippen LogP contribution in [0.2, 0.25) is 0 Å². The van der Waals surface area contributed by atoms with Crippen molar-refractivity contribution in [3.63, 3.8) is 0 Å². The third-order valence-electron chi connectivity index (χ3n) is 2.12. The van der Waals surface area contributed by atoms with Crippen molar-refractivity contribution in [1.82, 2.24) is 5.32 Å². The zero-order chi connectivity index (χ0) is 12.8. The van der Waals surface area contributed by atoms with Crippen molar-refractivity contribution in [3.05, 3.63) is 0 Å². The molecule has 3 N–H and O–H groups in total. The molecule has 0 aliphatic carbocycles. The average Bonchev–Trinajstić information content (AvgIpc) is 1.97. The first-order valence-corrected chi connectivity index (χ1v) is 6.18. The summed E-state index contributed by atoms with van der Waals surface area (Å²) in [5, 5.41) is 3.15. The smallest absolute Gasteiger partial charge is 0.188 e. The lowest BCUT2D eigenvalue weighted by molar-refractivity contribution is 0.361. The number of nitrogens with two attached hydrogens (primary N) is 1. The van der Waals surface area contributed by atoms with E-state index >= 15 is 0 Å². The van der Waals surface area contributed by atoms with Gasteiger partial charge in [-0.1, -0.05) is 27.2 Å². The van der Waals surface area contributed by atoms with E-state index in [1.807, 2.05) is 0 Å². The molecule has 0 aromatic carbocycles. The van der Waals surface area contributed by atoms with Crippen LogP contribution in [0.5, 0.6) is 0 Å². The van der Waals surface area contributed by atoms with E-state index in [1.54, 1.807) is 0 Å². The molecule has 0 bridgehead atoms. The number of nitrogens with zero attached hydrogens (tertiary/aromatic N) is 1. The Kier molecular flexibility index (Phi) is 9.29. The molecular formula is C13H30IN3. The van der Waals surface area contributed by atoms with Crippen LogP contribution in [0.1, 0.15) is 60.8 Å². The number of nitrogens with one attached hydrogen (secondary N) is 1. The fraction of sp³-hybridized carbons (Fsp3) is 0.923. The lowest BCUT2D eigenvalue weighted by Gasteiger charge is -2.21. The van der Waals surface area contributed by atoms with Crippen molar-refractivity contribution in [3.8, 4) is 0 Å². The van der Waals surface area contributed by atoms with Crippen LogP contribution in [-0.2, 0) is 0 Å². The summed E-state index contributed by atoms with van der Waals surface area (Å²) in [7, 11) is 0. The minimum absolute atomic E-state index is 0. The molecular weight excluding hydrogens is 325 g/mol. The van der Waals surface area contributed by atoms with Gasteiger partial charge in [-0.05, 0) is 39.0 Å². The van der Waals surface area contributed by atoms with Crippen molar-refractivity contribution < 1.29 is 0 Å². The Morgan fingerprint density at radius 1 is 1.06 bits per heavy atom. The molecule has 0 radical (unpaired) electrons. The van der Waals surface area contributed by atoms with Gasteiger partial charge in [-0.15, -0.1) is 24.0 Å². The molecule has 0 rings (SSSR count). The number of hydrogen-bond acceptors (Lipinski definition) is 1. The monoisotopic (exact) mass is 355 g/mol. The van der Waals surface area contributed by atoms with Gasteiger partial charge in [-0.3, -0.25) is 4.99 Å². The van der Waals surface area contributed by atoms with Gasteiger partial charge in [0.05, 0.1) is 0 Å². The second-order valence-corrected chi connectivity index (χ2v) is 6.66. The second kappa shape index (κ2) is 8.16. The summed E-state index contributed by atoms with van der Waals surface area (Å²) in [6.45, 7) is 13.9. The quantitative estimate of drug-likeness (QED) is 0.351. The SMILES string of the molecule is CC(C)(C)CCCCN=C(N)NC(C)(C)C.I. The largest absolute Gasteiger partial charge is 0.370 e. The standard InChI is InChI=1S/C13H29N3.HI/c1-12(2,3)9-7-8-10-15-11(14)16-13(4,5)6;/h7-10H2,1-6H3,(H3,14,15,16);1H. The number of unbranched alkanes of at least 4 members (excludes halogenated alkanes) is 1. The predicted octanol–water partition coefficient (Wildman–Crippen LogP) is 3.52. The van der Waals surface area contributed by atoms with Crippen LogP contribution < -0.4 is 11.1 Å². The van der Waals surface area contributed by atoms with Gasteiger partial charge in [0.2, 0.25) is 0 Å². The molecule has 0 aliphatic heterocycles. The molecule has 0 saturated heterocycles. The number of aliphatic imine (C=N–C) groups is 1. The van der Waals surface area contributed by atoms with Crippen molar-refractivity contribution in [1.29, 1.82) is 0 Å². The fourth-order valence-electron chi connectivity index (χ4n) is 1.39. The maximum Gasteiger partial charge on any atom is 0.188 e. The maximum atomic E-state index is 5.77. The van der Waals surface area contributed by atoms with Gasteiger partial charge < -0.3 is 11.1 Å². The Morgan fingerprint density at radius 3 is 2.00 bits per heavy atom. The van der Waals surface area contributed by atoms with Gasteiger partial charge in [0.25, 0.3) is 0 Å². The first-order valence-electron chi connectivity index (χ1n) is 6.18. The molecule has 0 heterocycles. The number of guanidine groups is 1. The van der Waals surface area contributed by atoms with Crippen molar-refractivity contribution in [2.75, 3.05) is 6.54 Å². The maximum absolute atomic E-state index is 5.77. The molecule has 0 unspecified atom stereocenters. The fourth-order valence-corrected chi connectivity index (χ4v) is 1.39. The number of hydrogen-bond donors (Lipinski definition) is 2. The average molecular weight is 355 g/mol. The topological polar surface area (TPSA) is 50.4 Å². The molecule has 4 heteroatoms. The van der Waals surface area contributed by atoms with Gasteiger partial charge in [0, 0.05) is 12.1 Å². The highest BCUT2D eigenvalue weighted by Gasteiger charge is 2.10. The van der Waals surface area contributed by atoms with E-state index in [-0.39, 0.29) is 29.5 Å². The summed E-state index contributed by atoms with van der Waals surface area (Å²) >= 11 is 0. The molecule has 0 aromatic heterocycles. The molecule has 104 valence electrons. The minimum atomic E-state index is -0.000999. The molecule has 0 atom stereocenters. The summed E-state index contributed by atoms with van der Waals surface area (Å²) in [5.41, 5.74) is 6.20. The minimum Gasteiger partial charge on any atom is -0.370 e. The van der Waals surface area contributed by atoms with Gasteiger partial charge in [0.1, 0.15) is 0 Å².